The molecule has 1 fully saturated rings. The zero-order chi connectivity index (χ0) is 23.9. The van der Waals surface area contributed by atoms with E-state index in [-0.39, 0.29) is 6.04 Å². The third-order valence-electron chi connectivity index (χ3n) is 6.42. The molecule has 0 saturated carbocycles. The average Bonchev–Trinajstić information content (AvgIpc) is 3.32. The number of aromatic nitrogens is 2. The maximum absolute atomic E-state index is 10.8. The maximum atomic E-state index is 10.8. The Morgan fingerprint density at radius 2 is 2.15 bits per heavy atom. The SMILES string of the molecule is Cc1c(Nc2c(C#N)cncc2/C=C/CCCN2CCC(NC(=O)O)CC2)ccc2[nH]ccc12. The molecule has 0 atom stereocenters. The normalized spacial score (nSPS) is 14.9. The molecule has 34 heavy (non-hydrogen) atoms. The number of carbonyl (C=O) groups is 1. The highest BCUT2D eigenvalue weighted by Crippen LogP contribution is 2.30. The van der Waals surface area contributed by atoms with Crippen LogP contribution in [0.2, 0.25) is 0 Å². The summed E-state index contributed by atoms with van der Waals surface area (Å²) in [5, 5.41) is 25.7. The van der Waals surface area contributed by atoms with Crippen LogP contribution in [0, 0.1) is 18.3 Å². The Labute approximate surface area is 199 Å². The summed E-state index contributed by atoms with van der Waals surface area (Å²) in [6.07, 6.45) is 12.2. The van der Waals surface area contributed by atoms with Crippen LogP contribution in [-0.2, 0) is 0 Å². The van der Waals surface area contributed by atoms with Gasteiger partial charge in [-0.05, 0) is 62.9 Å². The van der Waals surface area contributed by atoms with Gasteiger partial charge in [0.2, 0.25) is 0 Å². The molecule has 8 nitrogen and oxygen atoms in total. The van der Waals surface area contributed by atoms with Crippen molar-refractivity contribution in [1.29, 1.82) is 5.26 Å². The number of nitriles is 1. The Balaban J connectivity index is 1.36. The highest BCUT2D eigenvalue weighted by Gasteiger charge is 2.19. The lowest BCUT2D eigenvalue weighted by atomic mass is 10.0. The number of allylic oxidation sites excluding steroid dienone is 1. The molecule has 0 spiro atoms. The number of piperidine rings is 1. The van der Waals surface area contributed by atoms with Crippen molar-refractivity contribution in [1.82, 2.24) is 20.2 Å². The monoisotopic (exact) mass is 458 g/mol. The number of aromatic amines is 1. The van der Waals surface area contributed by atoms with Crippen molar-refractivity contribution in [3.63, 3.8) is 0 Å². The van der Waals surface area contributed by atoms with E-state index in [1.165, 1.54) is 0 Å². The molecule has 4 N–H and O–H groups in total. The summed E-state index contributed by atoms with van der Waals surface area (Å²) in [6, 6.07) is 8.44. The van der Waals surface area contributed by atoms with Gasteiger partial charge in [0.15, 0.2) is 0 Å². The summed E-state index contributed by atoms with van der Waals surface area (Å²) < 4.78 is 0. The van der Waals surface area contributed by atoms with Gasteiger partial charge in [0.25, 0.3) is 0 Å². The Hall–Kier alpha value is -3.83. The lowest BCUT2D eigenvalue weighted by Gasteiger charge is -2.31. The standard InChI is InChI=1S/C26H30N6O2/c1-18-22-8-11-29-24(22)7-6-23(18)31-25-19(16-28-17-20(25)15-27)5-3-2-4-12-32-13-9-21(10-14-32)30-26(33)34/h3,5-8,11,16-17,21,29-30H,2,4,9-10,12-14H2,1H3,(H,28,31)(H,33,34)/b5-3+. The Morgan fingerprint density at radius 3 is 2.91 bits per heavy atom. The van der Waals surface area contributed by atoms with Gasteiger partial charge >= 0.3 is 6.09 Å². The summed E-state index contributed by atoms with van der Waals surface area (Å²) >= 11 is 0. The molecule has 1 saturated heterocycles. The van der Waals surface area contributed by atoms with Crippen LogP contribution in [0.3, 0.4) is 0 Å². The van der Waals surface area contributed by atoms with E-state index in [2.05, 4.69) is 50.6 Å². The van der Waals surface area contributed by atoms with E-state index in [0.29, 0.717) is 5.56 Å². The summed E-state index contributed by atoms with van der Waals surface area (Å²) in [6.45, 7) is 4.90. The lowest BCUT2D eigenvalue weighted by Crippen LogP contribution is -2.44. The second-order valence-electron chi connectivity index (χ2n) is 8.68. The molecule has 3 aromatic rings. The van der Waals surface area contributed by atoms with Crippen molar-refractivity contribution in [2.75, 3.05) is 25.0 Å². The fraction of sp³-hybridized carbons (Fsp3) is 0.346. The number of anilines is 2. The maximum Gasteiger partial charge on any atom is 0.404 e. The number of fused-ring (bicyclic) bond motifs is 1. The third-order valence-corrected chi connectivity index (χ3v) is 6.42. The van der Waals surface area contributed by atoms with Gasteiger partial charge in [0.05, 0.1) is 11.3 Å². The first-order valence-electron chi connectivity index (χ1n) is 11.7. The van der Waals surface area contributed by atoms with E-state index < -0.39 is 6.09 Å². The topological polar surface area (TPSA) is 117 Å². The van der Waals surface area contributed by atoms with Crippen molar-refractivity contribution < 1.29 is 9.90 Å². The highest BCUT2D eigenvalue weighted by molar-refractivity contribution is 5.89. The van der Waals surface area contributed by atoms with Crippen LogP contribution in [0.15, 0.2) is 42.9 Å². The minimum Gasteiger partial charge on any atom is -0.465 e. The number of carboxylic acid groups (broad SMARTS) is 1. The number of benzene rings is 1. The summed E-state index contributed by atoms with van der Waals surface area (Å²) in [4.78, 5) is 20.6. The minimum atomic E-state index is -0.937. The number of aryl methyl sites for hydroxylation is 1. The highest BCUT2D eigenvalue weighted by atomic mass is 16.4. The molecule has 176 valence electrons. The van der Waals surface area contributed by atoms with E-state index in [9.17, 15) is 10.1 Å². The Kier molecular flexibility index (Phi) is 7.45. The smallest absolute Gasteiger partial charge is 0.404 e. The molecule has 0 unspecified atom stereocenters. The zero-order valence-electron chi connectivity index (χ0n) is 19.3. The first-order chi connectivity index (χ1) is 16.5. The summed E-state index contributed by atoms with van der Waals surface area (Å²) in [5.74, 6) is 0. The van der Waals surface area contributed by atoms with Gasteiger partial charge in [0.1, 0.15) is 6.07 Å². The van der Waals surface area contributed by atoms with Crippen LogP contribution in [0.5, 0.6) is 0 Å². The van der Waals surface area contributed by atoms with Gasteiger partial charge in [-0.25, -0.2) is 4.79 Å². The number of H-pyrrole nitrogens is 1. The predicted octanol–water partition coefficient (Wildman–Crippen LogP) is 5.01. The number of unbranched alkanes of at least 4 members (excludes halogenated alkanes) is 1. The number of pyridine rings is 1. The fourth-order valence-electron chi connectivity index (χ4n) is 4.50. The van der Waals surface area contributed by atoms with Crippen molar-refractivity contribution >= 4 is 34.4 Å². The number of nitrogens with zero attached hydrogens (tertiary/aromatic N) is 3. The molecule has 1 aliphatic heterocycles. The van der Waals surface area contributed by atoms with Crippen LogP contribution in [0.4, 0.5) is 16.2 Å². The van der Waals surface area contributed by atoms with Crippen LogP contribution in [0.1, 0.15) is 42.4 Å². The molecular formula is C26H30N6O2. The van der Waals surface area contributed by atoms with Crippen molar-refractivity contribution in [3.05, 3.63) is 59.6 Å². The number of nitrogens with one attached hydrogen (secondary N) is 3. The number of rotatable bonds is 8. The summed E-state index contributed by atoms with van der Waals surface area (Å²) in [5.41, 5.74) is 5.32. The van der Waals surface area contributed by atoms with Gasteiger partial charge in [-0.3, -0.25) is 4.98 Å². The molecule has 3 heterocycles. The van der Waals surface area contributed by atoms with E-state index in [0.717, 1.165) is 78.7 Å². The predicted molar refractivity (Wildman–Crippen MR) is 134 cm³/mol. The molecule has 1 aromatic carbocycles. The molecule has 1 amide bonds. The fourth-order valence-corrected chi connectivity index (χ4v) is 4.50. The lowest BCUT2D eigenvalue weighted by molar-refractivity contribution is 0.167. The summed E-state index contributed by atoms with van der Waals surface area (Å²) in [7, 11) is 0. The Bertz CT molecular complexity index is 1220. The van der Waals surface area contributed by atoms with Crippen LogP contribution < -0.4 is 10.6 Å². The van der Waals surface area contributed by atoms with E-state index in [1.54, 1.807) is 12.4 Å². The molecular weight excluding hydrogens is 428 g/mol. The zero-order valence-corrected chi connectivity index (χ0v) is 19.3. The van der Waals surface area contributed by atoms with Crippen molar-refractivity contribution in [2.24, 2.45) is 0 Å². The molecule has 1 aliphatic rings. The molecule has 0 radical (unpaired) electrons. The molecule has 8 heteroatoms. The van der Waals surface area contributed by atoms with Gasteiger partial charge in [-0.1, -0.05) is 12.2 Å². The van der Waals surface area contributed by atoms with Crippen molar-refractivity contribution in [2.45, 2.75) is 38.6 Å². The molecule has 2 aromatic heterocycles. The first-order valence-corrected chi connectivity index (χ1v) is 11.7. The van der Waals surface area contributed by atoms with E-state index >= 15 is 0 Å². The van der Waals surface area contributed by atoms with Crippen molar-refractivity contribution in [3.8, 4) is 6.07 Å². The average molecular weight is 459 g/mol. The quantitative estimate of drug-likeness (QED) is 0.353. The van der Waals surface area contributed by atoms with Crippen LogP contribution >= 0.6 is 0 Å². The van der Waals surface area contributed by atoms with E-state index in [1.807, 2.05) is 24.4 Å². The van der Waals surface area contributed by atoms with Crippen LogP contribution in [0.25, 0.3) is 17.0 Å². The molecule has 0 bridgehead atoms. The van der Waals surface area contributed by atoms with Gasteiger partial charge in [0, 0.05) is 59.9 Å². The first kappa shape index (κ1) is 23.3. The number of likely N-dealkylation sites (tertiary alicyclic amines) is 1. The largest absolute Gasteiger partial charge is 0.465 e. The van der Waals surface area contributed by atoms with Gasteiger partial charge in [-0.2, -0.15) is 5.26 Å². The minimum absolute atomic E-state index is 0.0704. The second kappa shape index (κ2) is 10.9. The van der Waals surface area contributed by atoms with Crippen LogP contribution in [-0.4, -0.2) is 51.7 Å². The van der Waals surface area contributed by atoms with E-state index in [4.69, 9.17) is 5.11 Å². The second-order valence-corrected chi connectivity index (χ2v) is 8.68. The Morgan fingerprint density at radius 1 is 1.32 bits per heavy atom. The molecule has 0 aliphatic carbocycles. The molecule has 4 rings (SSSR count). The number of hydrogen-bond donors (Lipinski definition) is 4. The number of amides is 1. The number of hydrogen-bond acceptors (Lipinski definition) is 5. The van der Waals surface area contributed by atoms with Gasteiger partial charge < -0.3 is 25.6 Å². The third kappa shape index (κ3) is 5.56. The van der Waals surface area contributed by atoms with Gasteiger partial charge in [-0.15, -0.1) is 0 Å².